The molecule has 2 heterocycles. The summed E-state index contributed by atoms with van der Waals surface area (Å²) < 4.78 is 32.6. The zero-order valence-corrected chi connectivity index (χ0v) is 15.3. The van der Waals surface area contributed by atoms with E-state index in [9.17, 15) is 13.2 Å². The number of nitrogens with zero attached hydrogens (tertiary/aromatic N) is 2. The van der Waals surface area contributed by atoms with Gasteiger partial charge in [0.15, 0.2) is 0 Å². The van der Waals surface area contributed by atoms with E-state index in [1.807, 2.05) is 0 Å². The number of benzene rings is 1. The summed E-state index contributed by atoms with van der Waals surface area (Å²) >= 11 is 0. The number of ether oxygens (including phenoxy) is 1. The number of likely N-dealkylation sites (tertiary alicyclic amines) is 1. The molecule has 0 aromatic heterocycles. The van der Waals surface area contributed by atoms with Crippen molar-refractivity contribution >= 4 is 15.9 Å². The second-order valence-electron chi connectivity index (χ2n) is 6.51. The second-order valence-corrected chi connectivity index (χ2v) is 8.41. The maximum Gasteiger partial charge on any atom is 0.254 e. The van der Waals surface area contributed by atoms with Gasteiger partial charge in [0.2, 0.25) is 10.0 Å². The Labute approximate surface area is 148 Å². The van der Waals surface area contributed by atoms with E-state index in [2.05, 4.69) is 0 Å². The maximum absolute atomic E-state index is 12.9. The van der Waals surface area contributed by atoms with E-state index in [1.165, 1.54) is 17.5 Å². The Morgan fingerprint density at radius 2 is 1.96 bits per heavy atom. The molecule has 2 N–H and O–H groups in total. The van der Waals surface area contributed by atoms with Crippen LogP contribution < -0.4 is 10.5 Å². The lowest BCUT2D eigenvalue weighted by atomic mass is 10.1. The summed E-state index contributed by atoms with van der Waals surface area (Å²) in [5.41, 5.74) is 6.11. The first-order chi connectivity index (χ1) is 12.0. The molecule has 25 heavy (non-hydrogen) atoms. The Morgan fingerprint density at radius 3 is 2.60 bits per heavy atom. The van der Waals surface area contributed by atoms with Crippen molar-refractivity contribution in [2.75, 3.05) is 33.3 Å². The van der Waals surface area contributed by atoms with Crippen LogP contribution in [0.4, 0.5) is 0 Å². The predicted octanol–water partition coefficient (Wildman–Crippen LogP) is 1.04. The van der Waals surface area contributed by atoms with Crippen molar-refractivity contribution in [1.82, 2.24) is 9.21 Å². The highest BCUT2D eigenvalue weighted by Gasteiger charge is 2.33. The van der Waals surface area contributed by atoms with Crippen molar-refractivity contribution in [2.45, 2.75) is 36.6 Å². The van der Waals surface area contributed by atoms with Crippen molar-refractivity contribution in [1.29, 1.82) is 0 Å². The van der Waals surface area contributed by atoms with Crippen LogP contribution >= 0.6 is 0 Å². The average Bonchev–Trinajstić information content (AvgIpc) is 3.31. The van der Waals surface area contributed by atoms with Crippen LogP contribution in [0.5, 0.6) is 5.75 Å². The van der Waals surface area contributed by atoms with Crippen molar-refractivity contribution in [3.8, 4) is 5.75 Å². The molecular weight excluding hydrogens is 342 g/mol. The third-order valence-electron chi connectivity index (χ3n) is 5.00. The monoisotopic (exact) mass is 367 g/mol. The van der Waals surface area contributed by atoms with Gasteiger partial charge < -0.3 is 15.4 Å². The van der Waals surface area contributed by atoms with Crippen LogP contribution in [0.2, 0.25) is 0 Å². The molecule has 2 saturated heterocycles. The van der Waals surface area contributed by atoms with E-state index in [1.54, 1.807) is 17.0 Å². The van der Waals surface area contributed by atoms with Crippen LogP contribution in [0, 0.1) is 0 Å². The van der Waals surface area contributed by atoms with E-state index in [0.29, 0.717) is 31.7 Å². The smallest absolute Gasteiger partial charge is 0.254 e. The molecule has 2 fully saturated rings. The molecular formula is C17H25N3O4S. The van der Waals surface area contributed by atoms with Crippen LogP contribution in [0.3, 0.4) is 0 Å². The van der Waals surface area contributed by atoms with Gasteiger partial charge >= 0.3 is 0 Å². The van der Waals surface area contributed by atoms with Gasteiger partial charge in [0.1, 0.15) is 10.6 Å². The Balaban J connectivity index is 1.96. The van der Waals surface area contributed by atoms with Crippen LogP contribution in [0.15, 0.2) is 23.1 Å². The zero-order chi connectivity index (χ0) is 18.0. The number of rotatable bonds is 5. The van der Waals surface area contributed by atoms with Gasteiger partial charge in [0.05, 0.1) is 7.11 Å². The summed E-state index contributed by atoms with van der Waals surface area (Å²) in [4.78, 5) is 14.6. The second kappa shape index (κ2) is 7.31. The van der Waals surface area contributed by atoms with E-state index in [4.69, 9.17) is 10.5 Å². The molecule has 2 aliphatic rings. The predicted molar refractivity (Wildman–Crippen MR) is 94.1 cm³/mol. The third kappa shape index (κ3) is 3.38. The molecule has 8 heteroatoms. The maximum atomic E-state index is 12.9. The minimum Gasteiger partial charge on any atom is -0.495 e. The number of amides is 1. The molecule has 0 aliphatic carbocycles. The molecule has 1 amide bonds. The lowest BCUT2D eigenvalue weighted by Crippen LogP contribution is -2.40. The lowest BCUT2D eigenvalue weighted by molar-refractivity contribution is 0.0741. The SMILES string of the molecule is COc1ccc(C(=O)N2CCCC2CN)cc1S(=O)(=O)N1CCCC1. The zero-order valence-electron chi connectivity index (χ0n) is 14.5. The standard InChI is InChI=1S/C17H25N3O4S/c1-24-15-7-6-13(17(21)20-10-4-5-14(20)12-18)11-16(15)25(22,23)19-8-2-3-9-19/h6-7,11,14H,2-5,8-10,12,18H2,1H3. The normalized spacial score (nSPS) is 21.7. The van der Waals surface area contributed by atoms with Crippen molar-refractivity contribution in [3.05, 3.63) is 23.8 Å². The highest BCUT2D eigenvalue weighted by Crippen LogP contribution is 2.31. The minimum atomic E-state index is -3.67. The van der Waals surface area contributed by atoms with Gasteiger partial charge in [-0.25, -0.2) is 8.42 Å². The van der Waals surface area contributed by atoms with Gasteiger partial charge in [-0.1, -0.05) is 0 Å². The van der Waals surface area contributed by atoms with Crippen LogP contribution in [0.25, 0.3) is 0 Å². The van der Waals surface area contributed by atoms with Gasteiger partial charge in [0.25, 0.3) is 5.91 Å². The summed E-state index contributed by atoms with van der Waals surface area (Å²) in [6.45, 7) is 2.08. The van der Waals surface area contributed by atoms with E-state index < -0.39 is 10.0 Å². The van der Waals surface area contributed by atoms with Gasteiger partial charge in [-0.3, -0.25) is 4.79 Å². The van der Waals surface area contributed by atoms with Crippen LogP contribution in [-0.2, 0) is 10.0 Å². The molecule has 3 rings (SSSR count). The topological polar surface area (TPSA) is 92.9 Å². The number of methoxy groups -OCH3 is 1. The first-order valence-electron chi connectivity index (χ1n) is 8.68. The highest BCUT2D eigenvalue weighted by atomic mass is 32.2. The minimum absolute atomic E-state index is 0.0215. The molecule has 138 valence electrons. The molecule has 0 bridgehead atoms. The van der Waals surface area contributed by atoms with Gasteiger partial charge in [-0.2, -0.15) is 4.31 Å². The number of carbonyl (C=O) groups is 1. The lowest BCUT2D eigenvalue weighted by Gasteiger charge is -2.24. The van der Waals surface area contributed by atoms with Gasteiger partial charge in [-0.05, 0) is 43.9 Å². The van der Waals surface area contributed by atoms with Crippen LogP contribution in [-0.4, -0.2) is 62.9 Å². The molecule has 1 unspecified atom stereocenters. The number of hydrogen-bond donors (Lipinski definition) is 1. The third-order valence-corrected chi connectivity index (χ3v) is 6.92. The molecule has 2 aliphatic heterocycles. The largest absolute Gasteiger partial charge is 0.495 e. The number of hydrogen-bond acceptors (Lipinski definition) is 5. The summed E-state index contributed by atoms with van der Waals surface area (Å²) in [5.74, 6) is 0.0914. The molecule has 1 atom stereocenters. The van der Waals surface area contributed by atoms with E-state index in [-0.39, 0.29) is 22.6 Å². The quantitative estimate of drug-likeness (QED) is 0.839. The van der Waals surface area contributed by atoms with E-state index in [0.717, 1.165) is 25.7 Å². The molecule has 1 aromatic carbocycles. The molecule has 0 saturated carbocycles. The first-order valence-corrected chi connectivity index (χ1v) is 10.1. The summed E-state index contributed by atoms with van der Waals surface area (Å²) in [6.07, 6.45) is 3.51. The van der Waals surface area contributed by atoms with E-state index >= 15 is 0 Å². The fourth-order valence-corrected chi connectivity index (χ4v) is 5.29. The highest BCUT2D eigenvalue weighted by molar-refractivity contribution is 7.89. The first kappa shape index (κ1) is 18.2. The Bertz CT molecular complexity index is 744. The Kier molecular flexibility index (Phi) is 5.31. The van der Waals surface area contributed by atoms with Crippen LogP contribution in [0.1, 0.15) is 36.0 Å². The van der Waals surface area contributed by atoms with Crippen molar-refractivity contribution in [2.24, 2.45) is 5.73 Å². The molecule has 0 spiro atoms. The number of carbonyl (C=O) groups excluding carboxylic acids is 1. The summed E-state index contributed by atoms with van der Waals surface area (Å²) in [6, 6.07) is 4.65. The number of nitrogens with two attached hydrogens (primary N) is 1. The fraction of sp³-hybridized carbons (Fsp3) is 0.588. The summed E-state index contributed by atoms with van der Waals surface area (Å²) in [5, 5.41) is 0. The average molecular weight is 367 g/mol. The molecule has 0 radical (unpaired) electrons. The Morgan fingerprint density at radius 1 is 1.24 bits per heavy atom. The van der Waals surface area contributed by atoms with Crippen molar-refractivity contribution < 1.29 is 17.9 Å². The summed E-state index contributed by atoms with van der Waals surface area (Å²) in [7, 11) is -2.23. The van der Waals surface area contributed by atoms with Gasteiger partial charge in [-0.15, -0.1) is 0 Å². The fourth-order valence-electron chi connectivity index (χ4n) is 3.59. The van der Waals surface area contributed by atoms with Crippen molar-refractivity contribution in [3.63, 3.8) is 0 Å². The number of sulfonamides is 1. The van der Waals surface area contributed by atoms with Gasteiger partial charge in [0, 0.05) is 37.8 Å². The Hall–Kier alpha value is -1.64. The molecule has 7 nitrogen and oxygen atoms in total. The molecule has 1 aromatic rings.